The Labute approximate surface area is 102 Å². The van der Waals surface area contributed by atoms with Crippen LogP contribution in [0.15, 0.2) is 18.2 Å². The molecule has 0 bridgehead atoms. The molecule has 1 N–H and O–H groups in total. The van der Waals surface area contributed by atoms with Crippen molar-refractivity contribution in [1.29, 1.82) is 5.26 Å². The van der Waals surface area contributed by atoms with Crippen molar-refractivity contribution in [2.24, 2.45) is 5.92 Å². The lowest BCUT2D eigenvalue weighted by Crippen LogP contribution is -2.11. The molecule has 2 rings (SSSR count). The van der Waals surface area contributed by atoms with Gasteiger partial charge in [-0.1, -0.05) is 17.7 Å². The van der Waals surface area contributed by atoms with E-state index < -0.39 is 0 Å². The summed E-state index contributed by atoms with van der Waals surface area (Å²) in [7, 11) is 1.70. The number of rotatable bonds is 3. The van der Waals surface area contributed by atoms with E-state index in [4.69, 9.17) is 10.00 Å². The highest BCUT2D eigenvalue weighted by molar-refractivity contribution is 5.40. The van der Waals surface area contributed by atoms with E-state index in [-0.39, 0.29) is 0 Å². The first-order valence-electron chi connectivity index (χ1n) is 5.98. The quantitative estimate of drug-likeness (QED) is 0.866. The second-order valence-electron chi connectivity index (χ2n) is 4.63. The van der Waals surface area contributed by atoms with E-state index in [0.717, 1.165) is 18.8 Å². The fraction of sp³-hybridized carbons (Fsp3) is 0.500. The van der Waals surface area contributed by atoms with Crippen LogP contribution in [0, 0.1) is 24.2 Å². The molecule has 0 saturated carbocycles. The SMILES string of the molecule is COc1ccc(C)cc1[C@@H]1CNC[C@@H]1CC#N. The van der Waals surface area contributed by atoms with Gasteiger partial charge >= 0.3 is 0 Å². The highest BCUT2D eigenvalue weighted by Gasteiger charge is 2.30. The summed E-state index contributed by atoms with van der Waals surface area (Å²) in [6.45, 7) is 3.95. The molecule has 0 aromatic heterocycles. The third-order valence-corrected chi connectivity index (χ3v) is 3.48. The van der Waals surface area contributed by atoms with Crippen LogP contribution in [0.4, 0.5) is 0 Å². The van der Waals surface area contributed by atoms with Crippen LogP contribution in [0.5, 0.6) is 5.75 Å². The van der Waals surface area contributed by atoms with E-state index >= 15 is 0 Å². The standard InChI is InChI=1S/C14H18N2O/c1-10-3-4-14(17-2)12(7-10)13-9-16-8-11(13)5-6-15/h3-4,7,11,13,16H,5,8-9H2,1-2H3/t11-,13+/m0/s1. The minimum absolute atomic E-state index is 0.393. The van der Waals surface area contributed by atoms with Crippen molar-refractivity contribution < 1.29 is 4.74 Å². The number of ether oxygens (including phenoxy) is 1. The summed E-state index contributed by atoms with van der Waals surface area (Å²) in [5, 5.41) is 12.2. The van der Waals surface area contributed by atoms with Crippen LogP contribution in [-0.2, 0) is 0 Å². The van der Waals surface area contributed by atoms with Crippen molar-refractivity contribution in [1.82, 2.24) is 5.32 Å². The minimum Gasteiger partial charge on any atom is -0.496 e. The maximum atomic E-state index is 8.86. The molecule has 17 heavy (non-hydrogen) atoms. The fourth-order valence-corrected chi connectivity index (χ4v) is 2.57. The summed E-state index contributed by atoms with van der Waals surface area (Å²) < 4.78 is 5.43. The third-order valence-electron chi connectivity index (χ3n) is 3.48. The van der Waals surface area contributed by atoms with E-state index in [2.05, 4.69) is 30.4 Å². The van der Waals surface area contributed by atoms with Crippen LogP contribution >= 0.6 is 0 Å². The molecule has 90 valence electrons. The van der Waals surface area contributed by atoms with Crippen LogP contribution in [0.3, 0.4) is 0 Å². The molecule has 0 spiro atoms. The summed E-state index contributed by atoms with van der Waals surface area (Å²) >= 11 is 0. The van der Waals surface area contributed by atoms with Gasteiger partial charge in [0.05, 0.1) is 13.2 Å². The Balaban J connectivity index is 2.32. The predicted octanol–water partition coefficient (Wildman–Crippen LogP) is 2.22. The van der Waals surface area contributed by atoms with Gasteiger partial charge in [0.15, 0.2) is 0 Å². The second-order valence-corrected chi connectivity index (χ2v) is 4.63. The number of nitriles is 1. The molecule has 1 fully saturated rings. The van der Waals surface area contributed by atoms with Crippen molar-refractivity contribution >= 4 is 0 Å². The maximum absolute atomic E-state index is 8.86. The summed E-state index contributed by atoms with van der Waals surface area (Å²) in [6, 6.07) is 8.54. The average Bonchev–Trinajstić information content (AvgIpc) is 2.77. The number of methoxy groups -OCH3 is 1. The Morgan fingerprint density at radius 2 is 2.29 bits per heavy atom. The van der Waals surface area contributed by atoms with E-state index in [9.17, 15) is 0 Å². The average molecular weight is 230 g/mol. The zero-order valence-corrected chi connectivity index (χ0v) is 10.4. The first kappa shape index (κ1) is 11.9. The smallest absolute Gasteiger partial charge is 0.122 e. The lowest BCUT2D eigenvalue weighted by Gasteiger charge is -2.19. The first-order chi connectivity index (χ1) is 8.26. The van der Waals surface area contributed by atoms with Gasteiger partial charge in [0, 0.05) is 18.9 Å². The number of aryl methyl sites for hydroxylation is 1. The molecule has 1 aromatic rings. The normalized spacial score (nSPS) is 23.4. The van der Waals surface area contributed by atoms with Gasteiger partial charge in [-0.2, -0.15) is 5.26 Å². The monoisotopic (exact) mass is 230 g/mol. The number of hydrogen-bond donors (Lipinski definition) is 1. The van der Waals surface area contributed by atoms with Gasteiger partial charge in [0.2, 0.25) is 0 Å². The summed E-state index contributed by atoms with van der Waals surface area (Å²) in [6.07, 6.45) is 0.606. The third kappa shape index (κ3) is 2.42. The molecule has 2 atom stereocenters. The van der Waals surface area contributed by atoms with Crippen molar-refractivity contribution in [3.8, 4) is 11.8 Å². The van der Waals surface area contributed by atoms with Crippen molar-refractivity contribution in [2.45, 2.75) is 19.3 Å². The number of nitrogens with one attached hydrogen (secondary N) is 1. The molecule has 1 saturated heterocycles. The predicted molar refractivity (Wildman–Crippen MR) is 67.1 cm³/mol. The van der Waals surface area contributed by atoms with E-state index in [1.54, 1.807) is 7.11 Å². The molecule has 3 heteroatoms. The van der Waals surface area contributed by atoms with Gasteiger partial charge in [0.1, 0.15) is 5.75 Å². The topological polar surface area (TPSA) is 45.0 Å². The van der Waals surface area contributed by atoms with Crippen molar-refractivity contribution in [3.05, 3.63) is 29.3 Å². The molecule has 0 unspecified atom stereocenters. The molecule has 1 heterocycles. The maximum Gasteiger partial charge on any atom is 0.122 e. The molecule has 1 aromatic carbocycles. The summed E-state index contributed by atoms with van der Waals surface area (Å²) in [5.74, 6) is 1.73. The van der Waals surface area contributed by atoms with E-state index in [1.165, 1.54) is 11.1 Å². The Morgan fingerprint density at radius 3 is 3.00 bits per heavy atom. The van der Waals surface area contributed by atoms with Crippen LogP contribution in [0.1, 0.15) is 23.5 Å². The Kier molecular flexibility index (Phi) is 3.65. The molecule has 0 amide bonds. The summed E-state index contributed by atoms with van der Waals surface area (Å²) in [5.41, 5.74) is 2.47. The van der Waals surface area contributed by atoms with Gasteiger partial charge in [-0.15, -0.1) is 0 Å². The van der Waals surface area contributed by atoms with Crippen LogP contribution < -0.4 is 10.1 Å². The largest absolute Gasteiger partial charge is 0.496 e. The molecule has 1 aliphatic heterocycles. The molecule has 0 radical (unpaired) electrons. The summed E-state index contributed by atoms with van der Waals surface area (Å²) in [4.78, 5) is 0. The van der Waals surface area contributed by atoms with Crippen LogP contribution in [0.2, 0.25) is 0 Å². The van der Waals surface area contributed by atoms with E-state index in [1.807, 2.05) is 6.07 Å². The Hall–Kier alpha value is -1.53. The van der Waals surface area contributed by atoms with Gasteiger partial charge in [-0.3, -0.25) is 0 Å². The van der Waals surface area contributed by atoms with Crippen molar-refractivity contribution in [3.63, 3.8) is 0 Å². The van der Waals surface area contributed by atoms with Gasteiger partial charge in [-0.25, -0.2) is 0 Å². The van der Waals surface area contributed by atoms with Crippen LogP contribution in [-0.4, -0.2) is 20.2 Å². The van der Waals surface area contributed by atoms with Gasteiger partial charge in [0.25, 0.3) is 0 Å². The van der Waals surface area contributed by atoms with Gasteiger partial charge < -0.3 is 10.1 Å². The number of hydrogen-bond acceptors (Lipinski definition) is 3. The van der Waals surface area contributed by atoms with Gasteiger partial charge in [-0.05, 0) is 31.0 Å². The highest BCUT2D eigenvalue weighted by Crippen LogP contribution is 2.36. The Bertz CT molecular complexity index is 436. The Morgan fingerprint density at radius 1 is 1.47 bits per heavy atom. The minimum atomic E-state index is 0.393. The molecule has 1 aliphatic rings. The first-order valence-corrected chi connectivity index (χ1v) is 5.98. The highest BCUT2D eigenvalue weighted by atomic mass is 16.5. The molecule has 3 nitrogen and oxygen atoms in total. The zero-order chi connectivity index (χ0) is 12.3. The second kappa shape index (κ2) is 5.20. The number of benzene rings is 1. The van der Waals surface area contributed by atoms with E-state index in [0.29, 0.717) is 18.3 Å². The molecular weight excluding hydrogens is 212 g/mol. The fourth-order valence-electron chi connectivity index (χ4n) is 2.57. The number of nitrogens with zero attached hydrogens (tertiary/aromatic N) is 1. The van der Waals surface area contributed by atoms with Crippen LogP contribution in [0.25, 0.3) is 0 Å². The lowest BCUT2D eigenvalue weighted by molar-refractivity contribution is 0.399. The zero-order valence-electron chi connectivity index (χ0n) is 10.4. The van der Waals surface area contributed by atoms with Crippen molar-refractivity contribution in [2.75, 3.05) is 20.2 Å². The molecule has 0 aliphatic carbocycles. The molecular formula is C14H18N2O. The lowest BCUT2D eigenvalue weighted by atomic mass is 9.86.